The number of ether oxygens (including phenoxy) is 2. The number of allylic oxidation sites excluding steroid dienone is 4. The van der Waals surface area contributed by atoms with Crippen molar-refractivity contribution in [2.45, 2.75) is 12.8 Å². The van der Waals surface area contributed by atoms with Crippen LogP contribution in [0.2, 0.25) is 0 Å². The number of hydrogen-bond donors (Lipinski definition) is 0. The van der Waals surface area contributed by atoms with Gasteiger partial charge in [0, 0.05) is 0 Å². The highest BCUT2D eigenvalue weighted by Crippen LogP contribution is 2.66. The van der Waals surface area contributed by atoms with Gasteiger partial charge in [0.15, 0.2) is 0 Å². The van der Waals surface area contributed by atoms with Gasteiger partial charge in [0.2, 0.25) is 0 Å². The lowest BCUT2D eigenvalue weighted by Crippen LogP contribution is -2.40. The summed E-state index contributed by atoms with van der Waals surface area (Å²) in [7, 11) is 0. The van der Waals surface area contributed by atoms with Crippen LogP contribution in [0.5, 0.6) is 0 Å². The summed E-state index contributed by atoms with van der Waals surface area (Å²) in [4.78, 5) is 46.0. The zero-order valence-electron chi connectivity index (χ0n) is 15.1. The Balaban J connectivity index is 0.000000103. The lowest BCUT2D eigenvalue weighted by atomic mass is 9.63. The molecular weight excluding hydrogens is 360 g/mol. The normalized spacial score (nSPS) is 56.9. The van der Waals surface area contributed by atoms with Crippen molar-refractivity contribution in [1.29, 1.82) is 0 Å². The number of cyclic esters (lactones) is 4. The average molecular weight is 380 g/mol. The van der Waals surface area contributed by atoms with Gasteiger partial charge in [-0.15, -0.1) is 0 Å². The fraction of sp³-hybridized carbons (Fsp3) is 0.636. The van der Waals surface area contributed by atoms with Crippen molar-refractivity contribution < 1.29 is 28.7 Å². The maximum atomic E-state index is 11.5. The van der Waals surface area contributed by atoms with Gasteiger partial charge in [-0.1, -0.05) is 24.3 Å². The number of hydrogen-bond acceptors (Lipinski definition) is 6. The first kappa shape index (κ1) is 15.7. The lowest BCUT2D eigenvalue weighted by molar-refractivity contribution is -0.155. The molecule has 2 aliphatic heterocycles. The third kappa shape index (κ3) is 1.75. The highest BCUT2D eigenvalue weighted by molar-refractivity contribution is 5.98. The van der Waals surface area contributed by atoms with E-state index in [-0.39, 0.29) is 47.5 Å². The molecular formula is C22H20O6. The number of carbonyl (C=O) groups excluding carboxylic acids is 4. The number of carbonyl (C=O) groups is 4. The second kappa shape index (κ2) is 4.84. The number of esters is 4. The van der Waals surface area contributed by atoms with E-state index in [9.17, 15) is 19.2 Å². The Labute approximate surface area is 161 Å². The minimum absolute atomic E-state index is 0.138. The molecule has 10 unspecified atom stereocenters. The van der Waals surface area contributed by atoms with E-state index in [0.717, 1.165) is 0 Å². The highest BCUT2D eigenvalue weighted by atomic mass is 16.6. The summed E-state index contributed by atoms with van der Waals surface area (Å²) in [5.41, 5.74) is 0. The van der Waals surface area contributed by atoms with E-state index in [0.29, 0.717) is 47.3 Å². The summed E-state index contributed by atoms with van der Waals surface area (Å²) in [5, 5.41) is 0. The second-order valence-electron chi connectivity index (χ2n) is 9.79. The van der Waals surface area contributed by atoms with Crippen LogP contribution in [-0.2, 0) is 28.7 Å². The van der Waals surface area contributed by atoms with Crippen molar-refractivity contribution in [1.82, 2.24) is 0 Å². The zero-order valence-corrected chi connectivity index (χ0v) is 15.1. The van der Waals surface area contributed by atoms with Gasteiger partial charge in [0.05, 0.1) is 23.7 Å². The Morgan fingerprint density at radius 2 is 0.750 bits per heavy atom. The molecule has 0 radical (unpaired) electrons. The predicted molar refractivity (Wildman–Crippen MR) is 91.6 cm³/mol. The molecule has 0 N–H and O–H groups in total. The Hall–Kier alpha value is -2.24. The summed E-state index contributed by atoms with van der Waals surface area (Å²) in [6, 6.07) is 0. The van der Waals surface area contributed by atoms with Crippen molar-refractivity contribution >= 4 is 23.9 Å². The van der Waals surface area contributed by atoms with E-state index in [4.69, 9.17) is 9.47 Å². The van der Waals surface area contributed by atoms with Gasteiger partial charge in [-0.05, 0) is 60.2 Å². The van der Waals surface area contributed by atoms with Gasteiger partial charge in [0.25, 0.3) is 0 Å². The Kier molecular flexibility index (Phi) is 2.70. The fourth-order valence-electron chi connectivity index (χ4n) is 7.51. The first-order valence-corrected chi connectivity index (χ1v) is 10.4. The molecule has 10 aliphatic rings. The Bertz CT molecular complexity index is 774. The van der Waals surface area contributed by atoms with E-state index >= 15 is 0 Å². The predicted octanol–water partition coefficient (Wildman–Crippen LogP) is 1.51. The summed E-state index contributed by atoms with van der Waals surface area (Å²) >= 11 is 0. The van der Waals surface area contributed by atoms with Crippen LogP contribution < -0.4 is 0 Å². The third-order valence-corrected chi connectivity index (χ3v) is 8.79. The van der Waals surface area contributed by atoms with E-state index < -0.39 is 0 Å². The molecule has 0 aromatic rings. The molecule has 12 atom stereocenters. The van der Waals surface area contributed by atoms with E-state index in [1.54, 1.807) is 0 Å². The first-order valence-electron chi connectivity index (χ1n) is 10.4. The van der Waals surface area contributed by atoms with Crippen LogP contribution in [0.15, 0.2) is 24.3 Å². The molecule has 0 aromatic heterocycles. The fourth-order valence-corrected chi connectivity index (χ4v) is 7.51. The summed E-state index contributed by atoms with van der Waals surface area (Å²) in [6.45, 7) is 0. The lowest BCUT2D eigenvalue weighted by Gasteiger charge is -2.36. The van der Waals surface area contributed by atoms with Crippen LogP contribution in [0.1, 0.15) is 12.8 Å². The largest absolute Gasteiger partial charge is 0.393 e. The molecule has 6 fully saturated rings. The molecule has 6 nitrogen and oxygen atoms in total. The van der Waals surface area contributed by atoms with Gasteiger partial charge in [-0.3, -0.25) is 19.2 Å². The molecule has 4 saturated carbocycles. The van der Waals surface area contributed by atoms with Gasteiger partial charge >= 0.3 is 23.9 Å². The van der Waals surface area contributed by atoms with Crippen LogP contribution in [0.3, 0.4) is 0 Å². The monoisotopic (exact) mass is 380 g/mol. The molecule has 2 saturated heterocycles. The first-order chi connectivity index (χ1) is 13.5. The number of rotatable bonds is 0. The van der Waals surface area contributed by atoms with Gasteiger partial charge < -0.3 is 9.47 Å². The average Bonchev–Trinajstić information content (AvgIpc) is 3.59. The van der Waals surface area contributed by atoms with Crippen molar-refractivity contribution in [3.05, 3.63) is 24.3 Å². The molecule has 10 rings (SSSR count). The van der Waals surface area contributed by atoms with Crippen molar-refractivity contribution in [2.75, 3.05) is 0 Å². The Morgan fingerprint density at radius 3 is 1.00 bits per heavy atom. The molecule has 4 bridgehead atoms. The minimum Gasteiger partial charge on any atom is -0.393 e. The van der Waals surface area contributed by atoms with Crippen LogP contribution in [0, 0.1) is 71.0 Å². The topological polar surface area (TPSA) is 86.7 Å². The smallest absolute Gasteiger partial charge is 0.318 e. The van der Waals surface area contributed by atoms with Crippen molar-refractivity contribution in [2.24, 2.45) is 71.0 Å². The molecule has 6 heteroatoms. The van der Waals surface area contributed by atoms with Crippen LogP contribution in [0.25, 0.3) is 0 Å². The van der Waals surface area contributed by atoms with E-state index in [2.05, 4.69) is 24.3 Å². The van der Waals surface area contributed by atoms with Gasteiger partial charge in [-0.2, -0.15) is 0 Å². The van der Waals surface area contributed by atoms with E-state index in [1.165, 1.54) is 12.8 Å². The maximum Gasteiger partial charge on any atom is 0.318 e. The van der Waals surface area contributed by atoms with E-state index in [1.807, 2.05) is 0 Å². The molecule has 8 aliphatic carbocycles. The zero-order chi connectivity index (χ0) is 18.9. The summed E-state index contributed by atoms with van der Waals surface area (Å²) in [6.07, 6.45) is 11.0. The standard InChI is InChI=1S/2C11H10O3/c2*12-10-8-4-1-2-5(7-3-6(4)7)9(8)11(13)14-10/h2*1-2,4-9H,3H2/t4?,5?,6?,7?,8-,9+;. The molecule has 144 valence electrons. The van der Waals surface area contributed by atoms with Crippen LogP contribution in [-0.4, -0.2) is 23.9 Å². The minimum atomic E-state index is -0.273. The molecule has 2 heterocycles. The summed E-state index contributed by atoms with van der Waals surface area (Å²) < 4.78 is 9.48. The Morgan fingerprint density at radius 1 is 0.500 bits per heavy atom. The van der Waals surface area contributed by atoms with Crippen LogP contribution >= 0.6 is 0 Å². The van der Waals surface area contributed by atoms with Gasteiger partial charge in [-0.25, -0.2) is 0 Å². The molecule has 28 heavy (non-hydrogen) atoms. The van der Waals surface area contributed by atoms with Gasteiger partial charge in [0.1, 0.15) is 0 Å². The highest BCUT2D eigenvalue weighted by Gasteiger charge is 2.67. The van der Waals surface area contributed by atoms with Crippen LogP contribution in [0.4, 0.5) is 0 Å². The van der Waals surface area contributed by atoms with Crippen molar-refractivity contribution in [3.63, 3.8) is 0 Å². The van der Waals surface area contributed by atoms with Crippen molar-refractivity contribution in [3.8, 4) is 0 Å². The quantitative estimate of drug-likeness (QED) is 0.360. The maximum absolute atomic E-state index is 11.5. The SMILES string of the molecule is O=C1OC(=O)C2C3C=CC(C4CC34)C12.O=C1OC(=O)[C@H]2C3C=CC(C4CC43)[C@@H]12. The molecule has 0 amide bonds. The molecule has 0 aromatic carbocycles. The molecule has 0 spiro atoms. The third-order valence-electron chi connectivity index (χ3n) is 8.79. The summed E-state index contributed by atoms with van der Waals surface area (Å²) in [5.74, 6) is 2.24. The second-order valence-corrected chi connectivity index (χ2v) is 9.79.